The number of hydrogen-bond donors (Lipinski definition) is 2. The molecular formula is C39H53F3N10O. The number of aromatic amines is 2. The highest BCUT2D eigenvalue weighted by Gasteiger charge is 2.43. The number of alkyl halides is 3. The molecule has 2 aliphatic rings. The lowest BCUT2D eigenvalue weighted by Crippen LogP contribution is -2.39. The number of aromatic nitrogens is 8. The zero-order valence-electron chi connectivity index (χ0n) is 32.6. The first-order chi connectivity index (χ1) is 25.3. The van der Waals surface area contributed by atoms with Gasteiger partial charge in [0.2, 0.25) is 0 Å². The van der Waals surface area contributed by atoms with Crippen LogP contribution in [0.3, 0.4) is 0 Å². The van der Waals surface area contributed by atoms with Crippen molar-refractivity contribution in [3.8, 4) is 0 Å². The summed E-state index contributed by atoms with van der Waals surface area (Å²) in [6.07, 6.45) is 4.30. The average molecular weight is 735 g/mol. The topological polar surface area (TPSA) is 132 Å². The van der Waals surface area contributed by atoms with Gasteiger partial charge in [-0.25, -0.2) is 29.9 Å². The normalized spacial score (nSPS) is 13.4. The van der Waals surface area contributed by atoms with Crippen molar-refractivity contribution in [3.63, 3.8) is 0 Å². The van der Waals surface area contributed by atoms with Crippen LogP contribution in [-0.4, -0.2) is 73.1 Å². The Balaban J connectivity index is 2.08. The maximum atomic E-state index is 14.0. The number of halogens is 3. The van der Waals surface area contributed by atoms with Crippen molar-refractivity contribution in [2.75, 3.05) is 30.9 Å². The third-order valence-corrected chi connectivity index (χ3v) is 9.51. The summed E-state index contributed by atoms with van der Waals surface area (Å²) in [6.45, 7) is 12.6. The number of nitrogens with zero attached hydrogens (tertiary/aromatic N) is 8. The second-order valence-corrected chi connectivity index (χ2v) is 13.9. The maximum Gasteiger partial charge on any atom is 0.471 e. The lowest BCUT2D eigenvalue weighted by molar-refractivity contribution is -0.170. The highest BCUT2D eigenvalue weighted by atomic mass is 19.4. The fourth-order valence-electron chi connectivity index (χ4n) is 7.28. The van der Waals surface area contributed by atoms with Gasteiger partial charge in [0.1, 0.15) is 22.7 Å². The minimum Gasteiger partial charge on any atom is -0.373 e. The predicted octanol–water partition coefficient (Wildman–Crippen LogP) is 9.41. The van der Waals surface area contributed by atoms with Gasteiger partial charge in [-0.2, -0.15) is 13.2 Å². The molecule has 1 amide bonds. The summed E-state index contributed by atoms with van der Waals surface area (Å²) in [5, 5.41) is 0. The van der Waals surface area contributed by atoms with Gasteiger partial charge < -0.3 is 19.8 Å². The van der Waals surface area contributed by atoms with Crippen LogP contribution in [0.25, 0.3) is 44.9 Å². The van der Waals surface area contributed by atoms with Crippen LogP contribution in [0.4, 0.5) is 24.5 Å². The summed E-state index contributed by atoms with van der Waals surface area (Å²) < 4.78 is 42.1. The van der Waals surface area contributed by atoms with Crippen molar-refractivity contribution in [2.24, 2.45) is 0 Å². The van der Waals surface area contributed by atoms with Crippen molar-refractivity contribution >= 4 is 62.2 Å². The van der Waals surface area contributed by atoms with Gasteiger partial charge in [0.15, 0.2) is 34.6 Å². The molecule has 286 valence electrons. The lowest BCUT2D eigenvalue weighted by Gasteiger charge is -2.22. The Morgan fingerprint density at radius 3 is 1.23 bits per heavy atom. The van der Waals surface area contributed by atoms with E-state index in [2.05, 4.69) is 51.5 Å². The molecule has 0 saturated heterocycles. The van der Waals surface area contributed by atoms with E-state index in [1.807, 2.05) is 0 Å². The second-order valence-electron chi connectivity index (χ2n) is 13.9. The zero-order chi connectivity index (χ0) is 38.6. The predicted molar refractivity (Wildman–Crippen MR) is 207 cm³/mol. The Hall–Kier alpha value is -4.62. The first kappa shape index (κ1) is 39.6. The summed E-state index contributed by atoms with van der Waals surface area (Å²) in [7, 11) is 4.52. The van der Waals surface area contributed by atoms with Crippen molar-refractivity contribution in [2.45, 2.75) is 125 Å². The summed E-state index contributed by atoms with van der Waals surface area (Å²) in [5.74, 6) is 0.0237. The summed E-state index contributed by atoms with van der Waals surface area (Å²) in [4.78, 5) is 52.3. The molecule has 0 saturated carbocycles. The number of carbonyl (C=O) groups excluding carboxylic acids is 1. The number of carbonyl (C=O) groups is 1. The van der Waals surface area contributed by atoms with E-state index in [0.717, 1.165) is 98.3 Å². The molecular weight excluding hydrogens is 681 g/mol. The maximum absolute atomic E-state index is 14.0. The Bertz CT molecular complexity index is 2070. The number of rotatable bonds is 14. The summed E-state index contributed by atoms with van der Waals surface area (Å²) >= 11 is 0. The van der Waals surface area contributed by atoms with Crippen LogP contribution < -0.4 is 9.80 Å². The molecule has 5 heterocycles. The van der Waals surface area contributed by atoms with Gasteiger partial charge in [-0.3, -0.25) is 4.79 Å². The minimum atomic E-state index is -5.12. The quantitative estimate of drug-likeness (QED) is 0.167. The molecule has 11 nitrogen and oxygen atoms in total. The number of allylic oxidation sites excluding steroid dienone is 4. The monoisotopic (exact) mass is 734 g/mol. The van der Waals surface area contributed by atoms with E-state index in [-0.39, 0.29) is 22.7 Å². The SMILES string of the molecule is CCCC1=C(CCC)c2nc1nc1nc(nc3[nH]c(nc4[nH]c(n2)c(CCC)c4CCC)c(N(C)C)c3N(C)C(=O)C(F)(F)F)C(CCC)=C1CCC. The lowest BCUT2D eigenvalue weighted by atomic mass is 10.00. The Kier molecular flexibility index (Phi) is 12.4. The van der Waals surface area contributed by atoms with Gasteiger partial charge in [-0.1, -0.05) is 80.1 Å². The molecule has 8 bridgehead atoms. The van der Waals surface area contributed by atoms with Crippen molar-refractivity contribution in [1.82, 2.24) is 39.9 Å². The van der Waals surface area contributed by atoms with E-state index in [1.54, 1.807) is 19.0 Å². The number of H-pyrrole nitrogens is 2. The number of amides is 1. The van der Waals surface area contributed by atoms with Gasteiger partial charge in [-0.15, -0.1) is 0 Å². The smallest absolute Gasteiger partial charge is 0.373 e. The Labute approximate surface area is 309 Å². The Morgan fingerprint density at radius 2 is 0.849 bits per heavy atom. The number of hydrogen-bond acceptors (Lipinski definition) is 8. The molecule has 3 aromatic heterocycles. The minimum absolute atomic E-state index is 0.0389. The molecule has 2 N–H and O–H groups in total. The first-order valence-electron chi connectivity index (χ1n) is 19.1. The summed E-state index contributed by atoms with van der Waals surface area (Å²) in [6, 6.07) is 0. The van der Waals surface area contributed by atoms with Crippen LogP contribution >= 0.6 is 0 Å². The molecule has 53 heavy (non-hydrogen) atoms. The van der Waals surface area contributed by atoms with Crippen LogP contribution in [0.2, 0.25) is 0 Å². The van der Waals surface area contributed by atoms with Gasteiger partial charge in [-0.05, 0) is 38.5 Å². The highest BCUT2D eigenvalue weighted by Crippen LogP contribution is 2.41. The number of aryl methyl sites for hydroxylation is 2. The number of nitrogens with one attached hydrogen (secondary N) is 2. The molecule has 14 heteroatoms. The highest BCUT2D eigenvalue weighted by molar-refractivity contribution is 6.07. The molecule has 0 spiro atoms. The molecule has 3 aromatic rings. The van der Waals surface area contributed by atoms with Gasteiger partial charge >= 0.3 is 12.1 Å². The standard InChI is InChI=1S/C39H53F3N10O/c1-10-16-22-23(17-11-2)31-43-30(22)44-32-24(18-12-3)26(20-14-5)34(46-32)48-36-28(51(7)8)29(52(9)38(53)39(40,41)42)37(50-36)49-35-27(21-15-6)25(19-13-4)33(45-31)47-35/h10-21H2,1-9H3,(H2,43,44,45,46,47,48,49,50). The molecule has 0 radical (unpaired) electrons. The summed E-state index contributed by atoms with van der Waals surface area (Å²) in [5.41, 5.74) is 7.67. The molecule has 5 rings (SSSR count). The van der Waals surface area contributed by atoms with E-state index in [9.17, 15) is 18.0 Å². The van der Waals surface area contributed by atoms with Crippen molar-refractivity contribution < 1.29 is 18.0 Å². The fraction of sp³-hybridized carbons (Fsp3) is 0.564. The van der Waals surface area contributed by atoms with Crippen LogP contribution in [0.5, 0.6) is 0 Å². The largest absolute Gasteiger partial charge is 0.471 e. The van der Waals surface area contributed by atoms with E-state index < -0.39 is 12.1 Å². The molecule has 0 fully saturated rings. The van der Waals surface area contributed by atoms with Gasteiger partial charge in [0, 0.05) is 54.6 Å². The van der Waals surface area contributed by atoms with E-state index >= 15 is 0 Å². The molecule has 0 unspecified atom stereocenters. The number of anilines is 2. The van der Waals surface area contributed by atoms with Crippen LogP contribution in [0.15, 0.2) is 0 Å². The molecule has 0 aromatic carbocycles. The molecule has 2 aliphatic heterocycles. The second kappa shape index (κ2) is 16.6. The molecule has 0 aliphatic carbocycles. The van der Waals surface area contributed by atoms with Crippen LogP contribution in [0.1, 0.15) is 140 Å². The zero-order valence-corrected chi connectivity index (χ0v) is 32.6. The van der Waals surface area contributed by atoms with E-state index in [1.165, 1.54) is 0 Å². The van der Waals surface area contributed by atoms with E-state index in [0.29, 0.717) is 58.8 Å². The van der Waals surface area contributed by atoms with E-state index in [4.69, 9.17) is 29.9 Å². The van der Waals surface area contributed by atoms with Gasteiger partial charge in [0.25, 0.3) is 0 Å². The van der Waals surface area contributed by atoms with Gasteiger partial charge in [0.05, 0.1) is 0 Å². The van der Waals surface area contributed by atoms with Crippen molar-refractivity contribution in [3.05, 3.63) is 34.4 Å². The molecule has 0 atom stereocenters. The Morgan fingerprint density at radius 1 is 0.509 bits per heavy atom. The first-order valence-corrected chi connectivity index (χ1v) is 19.1. The van der Waals surface area contributed by atoms with Crippen LogP contribution in [0, 0.1) is 0 Å². The van der Waals surface area contributed by atoms with Crippen molar-refractivity contribution in [1.29, 1.82) is 0 Å². The van der Waals surface area contributed by atoms with Crippen LogP contribution in [-0.2, 0) is 17.6 Å². The fourth-order valence-corrected chi connectivity index (χ4v) is 7.28. The number of fused-ring (bicyclic) bond motifs is 8. The third kappa shape index (κ3) is 7.87. The third-order valence-electron chi connectivity index (χ3n) is 9.51. The average Bonchev–Trinajstić information content (AvgIpc) is 3.80.